The van der Waals surface area contributed by atoms with E-state index in [1.54, 1.807) is 0 Å². The van der Waals surface area contributed by atoms with Crippen molar-refractivity contribution in [3.63, 3.8) is 0 Å². The van der Waals surface area contributed by atoms with Crippen LogP contribution in [0.25, 0.3) is 0 Å². The number of carbonyl (C=O) groups is 1. The molecule has 1 atom stereocenters. The fourth-order valence-corrected chi connectivity index (χ4v) is 2.23. The fourth-order valence-electron chi connectivity index (χ4n) is 1.96. The first-order valence-corrected chi connectivity index (χ1v) is 6.69. The van der Waals surface area contributed by atoms with Crippen LogP contribution in [0.4, 0.5) is 0 Å². The number of ether oxygens (including phenoxy) is 1. The second-order valence-electron chi connectivity index (χ2n) is 4.64. The summed E-state index contributed by atoms with van der Waals surface area (Å²) in [7, 11) is 1.54. The number of carbonyl (C=O) groups excluding carboxylic acids is 1. The number of hydrogen-bond acceptors (Lipinski definition) is 3. The van der Waals surface area contributed by atoms with Gasteiger partial charge in [0.05, 0.1) is 12.1 Å². The van der Waals surface area contributed by atoms with Crippen LogP contribution in [0.5, 0.6) is 0 Å². The highest BCUT2D eigenvalue weighted by Crippen LogP contribution is 2.45. The highest BCUT2D eigenvalue weighted by molar-refractivity contribution is 9.10. The summed E-state index contributed by atoms with van der Waals surface area (Å²) in [6.07, 6.45) is 1.92. The van der Waals surface area contributed by atoms with Gasteiger partial charge in [-0.25, -0.2) is 0 Å². The summed E-state index contributed by atoms with van der Waals surface area (Å²) in [5, 5.41) is 3.03. The average Bonchev–Trinajstić information content (AvgIpc) is 3.11. The number of benzene rings is 1. The third-order valence-corrected chi connectivity index (χ3v) is 3.72. The van der Waals surface area contributed by atoms with Gasteiger partial charge in [0.25, 0.3) is 0 Å². The molecule has 1 amide bonds. The summed E-state index contributed by atoms with van der Waals surface area (Å²) >= 11 is 3.40. The number of nitrogens with one attached hydrogen (secondary N) is 1. The molecule has 0 heterocycles. The molecule has 0 saturated heterocycles. The molecule has 0 aromatic heterocycles. The summed E-state index contributed by atoms with van der Waals surface area (Å²) in [4.78, 5) is 11.9. The molecule has 1 fully saturated rings. The van der Waals surface area contributed by atoms with E-state index in [1.807, 2.05) is 24.3 Å². The van der Waals surface area contributed by atoms with Crippen molar-refractivity contribution in [2.24, 2.45) is 5.73 Å². The lowest BCUT2D eigenvalue weighted by atomic mass is 10.0. The highest BCUT2D eigenvalue weighted by atomic mass is 79.9. The second-order valence-corrected chi connectivity index (χ2v) is 5.56. The third kappa shape index (κ3) is 2.91. The van der Waals surface area contributed by atoms with Crippen molar-refractivity contribution < 1.29 is 9.53 Å². The summed E-state index contributed by atoms with van der Waals surface area (Å²) in [5.74, 6) is -0.155. The van der Waals surface area contributed by atoms with Crippen LogP contribution >= 0.6 is 15.9 Å². The Bertz CT molecular complexity index is 429. The lowest BCUT2D eigenvalue weighted by molar-refractivity contribution is -0.124. The molecule has 0 aliphatic heterocycles. The van der Waals surface area contributed by atoms with Gasteiger partial charge in [-0.2, -0.15) is 0 Å². The number of amides is 1. The van der Waals surface area contributed by atoms with E-state index in [2.05, 4.69) is 21.2 Å². The van der Waals surface area contributed by atoms with Gasteiger partial charge in [0.2, 0.25) is 5.91 Å². The van der Waals surface area contributed by atoms with Crippen LogP contribution in [0.15, 0.2) is 28.7 Å². The molecule has 0 bridgehead atoms. The molecule has 3 N–H and O–H groups in total. The highest BCUT2D eigenvalue weighted by Gasteiger charge is 2.46. The predicted octanol–water partition coefficient (Wildman–Crippen LogP) is 1.53. The van der Waals surface area contributed by atoms with Gasteiger partial charge < -0.3 is 15.8 Å². The van der Waals surface area contributed by atoms with Crippen LogP contribution in [-0.2, 0) is 15.1 Å². The minimum Gasteiger partial charge on any atom is -0.383 e. The normalized spacial score (nSPS) is 18.2. The third-order valence-electron chi connectivity index (χ3n) is 3.19. The van der Waals surface area contributed by atoms with E-state index in [-0.39, 0.29) is 18.1 Å². The van der Waals surface area contributed by atoms with Crippen molar-refractivity contribution in [1.82, 2.24) is 5.32 Å². The van der Waals surface area contributed by atoms with E-state index >= 15 is 0 Å². The zero-order valence-corrected chi connectivity index (χ0v) is 11.9. The van der Waals surface area contributed by atoms with E-state index < -0.39 is 6.04 Å². The number of halogens is 1. The first-order chi connectivity index (χ1) is 8.57. The molecule has 2 rings (SSSR count). The molecule has 1 aliphatic rings. The van der Waals surface area contributed by atoms with Crippen molar-refractivity contribution in [3.8, 4) is 0 Å². The Labute approximate surface area is 115 Å². The van der Waals surface area contributed by atoms with Gasteiger partial charge in [-0.05, 0) is 30.5 Å². The summed E-state index contributed by atoms with van der Waals surface area (Å²) in [6.45, 7) is 0.238. The Morgan fingerprint density at radius 2 is 2.11 bits per heavy atom. The van der Waals surface area contributed by atoms with Crippen LogP contribution < -0.4 is 11.1 Å². The van der Waals surface area contributed by atoms with Crippen molar-refractivity contribution in [2.45, 2.75) is 24.4 Å². The molecule has 1 aromatic rings. The molecule has 18 heavy (non-hydrogen) atoms. The molecular weight excluding hydrogens is 296 g/mol. The molecule has 5 heteroatoms. The minimum atomic E-state index is -0.608. The quantitative estimate of drug-likeness (QED) is 0.866. The van der Waals surface area contributed by atoms with E-state index in [1.165, 1.54) is 7.11 Å². The van der Waals surface area contributed by atoms with Gasteiger partial charge in [-0.1, -0.05) is 28.1 Å². The van der Waals surface area contributed by atoms with Crippen molar-refractivity contribution in [3.05, 3.63) is 34.3 Å². The number of nitrogens with two attached hydrogens (primary N) is 1. The predicted molar refractivity (Wildman–Crippen MR) is 73.0 cm³/mol. The van der Waals surface area contributed by atoms with Crippen molar-refractivity contribution in [2.75, 3.05) is 13.7 Å². The number of rotatable bonds is 5. The second kappa shape index (κ2) is 5.38. The lowest BCUT2D eigenvalue weighted by Gasteiger charge is -2.20. The molecule has 4 nitrogen and oxygen atoms in total. The van der Waals surface area contributed by atoms with Crippen LogP contribution in [0.3, 0.4) is 0 Å². The monoisotopic (exact) mass is 312 g/mol. The van der Waals surface area contributed by atoms with Gasteiger partial charge in [0, 0.05) is 11.6 Å². The van der Waals surface area contributed by atoms with E-state index in [0.29, 0.717) is 0 Å². The Morgan fingerprint density at radius 1 is 1.50 bits per heavy atom. The number of methoxy groups -OCH3 is 1. The Morgan fingerprint density at radius 3 is 2.61 bits per heavy atom. The smallest absolute Gasteiger partial charge is 0.239 e. The Hall–Kier alpha value is -0.910. The molecule has 1 aliphatic carbocycles. The van der Waals surface area contributed by atoms with Crippen LogP contribution in [0, 0.1) is 0 Å². The summed E-state index contributed by atoms with van der Waals surface area (Å²) in [6, 6.07) is 7.41. The van der Waals surface area contributed by atoms with Gasteiger partial charge in [-0.15, -0.1) is 0 Å². The first kappa shape index (κ1) is 13.5. The van der Waals surface area contributed by atoms with E-state index in [0.717, 1.165) is 22.9 Å². The van der Waals surface area contributed by atoms with Gasteiger partial charge in [0.1, 0.15) is 6.04 Å². The van der Waals surface area contributed by atoms with Gasteiger partial charge in [0.15, 0.2) is 0 Å². The van der Waals surface area contributed by atoms with Gasteiger partial charge >= 0.3 is 0 Å². The summed E-state index contributed by atoms with van der Waals surface area (Å²) in [5.41, 5.74) is 6.63. The Balaban J connectivity index is 2.04. The van der Waals surface area contributed by atoms with Crippen molar-refractivity contribution >= 4 is 21.8 Å². The lowest BCUT2D eigenvalue weighted by Crippen LogP contribution is -2.47. The van der Waals surface area contributed by atoms with Gasteiger partial charge in [-0.3, -0.25) is 4.79 Å². The molecule has 1 aromatic carbocycles. The maximum atomic E-state index is 11.9. The number of hydrogen-bond donors (Lipinski definition) is 2. The maximum Gasteiger partial charge on any atom is 0.239 e. The molecule has 1 unspecified atom stereocenters. The molecule has 1 saturated carbocycles. The summed E-state index contributed by atoms with van der Waals surface area (Å²) < 4.78 is 5.92. The van der Waals surface area contributed by atoms with Crippen molar-refractivity contribution in [1.29, 1.82) is 0 Å². The van der Waals surface area contributed by atoms with Crippen LogP contribution in [0.2, 0.25) is 0 Å². The SMILES string of the molecule is COCC(N)C(=O)NC1(c2ccc(Br)cc2)CC1. The Kier molecular flexibility index (Phi) is 4.04. The largest absolute Gasteiger partial charge is 0.383 e. The zero-order chi connectivity index (χ0) is 13.2. The molecule has 98 valence electrons. The first-order valence-electron chi connectivity index (χ1n) is 5.90. The fraction of sp³-hybridized carbons (Fsp3) is 0.462. The zero-order valence-electron chi connectivity index (χ0n) is 10.3. The topological polar surface area (TPSA) is 64.3 Å². The van der Waals surface area contributed by atoms with Crippen LogP contribution in [0.1, 0.15) is 18.4 Å². The molecule has 0 spiro atoms. The standard InChI is InChI=1S/C13H17BrN2O2/c1-18-8-11(15)12(17)16-13(6-7-13)9-2-4-10(14)5-3-9/h2-5,11H,6-8,15H2,1H3,(H,16,17). The molecule has 0 radical (unpaired) electrons. The van der Waals surface area contributed by atoms with Crippen LogP contribution in [-0.4, -0.2) is 25.7 Å². The van der Waals surface area contributed by atoms with E-state index in [4.69, 9.17) is 10.5 Å². The average molecular weight is 313 g/mol. The minimum absolute atomic E-state index is 0.155. The van der Waals surface area contributed by atoms with E-state index in [9.17, 15) is 4.79 Å². The maximum absolute atomic E-state index is 11.9. The molecular formula is C13H17BrN2O2.